The van der Waals surface area contributed by atoms with Crippen LogP contribution in [0, 0.1) is 0 Å². The Kier molecular flexibility index (Phi) is 4.94. The quantitative estimate of drug-likeness (QED) is 0.550. The molecule has 150 valence electrons. The number of pyridine rings is 3. The van der Waals surface area contributed by atoms with Crippen molar-refractivity contribution in [2.75, 3.05) is 18.4 Å². The lowest BCUT2D eigenvalue weighted by Crippen LogP contribution is -2.28. The van der Waals surface area contributed by atoms with E-state index >= 15 is 0 Å². The number of fused-ring (bicyclic) bond motifs is 1. The molecule has 1 unspecified atom stereocenters. The lowest BCUT2D eigenvalue weighted by Gasteiger charge is -2.22. The normalized spacial score (nSPS) is 16.5. The van der Waals surface area contributed by atoms with Crippen LogP contribution in [0.3, 0.4) is 0 Å². The summed E-state index contributed by atoms with van der Waals surface area (Å²) in [6.07, 6.45) is 7.59. The van der Waals surface area contributed by atoms with E-state index in [1.54, 1.807) is 28.9 Å². The predicted molar refractivity (Wildman–Crippen MR) is 115 cm³/mol. The number of nitrogens with one attached hydrogen (secondary N) is 2. The maximum Gasteiger partial charge on any atom is 0.274 e. The van der Waals surface area contributed by atoms with Crippen LogP contribution in [0.5, 0.6) is 0 Å². The molecule has 4 aromatic rings. The molecule has 5 heterocycles. The molecule has 0 aromatic carbocycles. The second-order valence-corrected chi connectivity index (χ2v) is 7.46. The number of hydrogen-bond donors (Lipinski definition) is 2. The van der Waals surface area contributed by atoms with E-state index < -0.39 is 0 Å². The van der Waals surface area contributed by atoms with Gasteiger partial charge in [-0.05, 0) is 55.8 Å². The van der Waals surface area contributed by atoms with Crippen molar-refractivity contribution in [1.82, 2.24) is 24.9 Å². The average molecular weight is 398 g/mol. The van der Waals surface area contributed by atoms with Crippen molar-refractivity contribution in [3.05, 3.63) is 78.5 Å². The molecule has 2 N–H and O–H groups in total. The van der Waals surface area contributed by atoms with Gasteiger partial charge in [-0.1, -0.05) is 12.1 Å². The summed E-state index contributed by atoms with van der Waals surface area (Å²) in [6.45, 7) is 2.05. The molecule has 7 nitrogen and oxygen atoms in total. The van der Waals surface area contributed by atoms with Gasteiger partial charge in [0, 0.05) is 41.8 Å². The number of carbonyl (C=O) groups is 1. The number of nitrogens with zero attached hydrogens (tertiary/aromatic N) is 4. The topological polar surface area (TPSA) is 84.2 Å². The fourth-order valence-corrected chi connectivity index (χ4v) is 3.88. The van der Waals surface area contributed by atoms with Gasteiger partial charge in [0.15, 0.2) is 0 Å². The molecule has 0 radical (unpaired) electrons. The zero-order valence-electron chi connectivity index (χ0n) is 16.5. The molecule has 4 aromatic heterocycles. The minimum atomic E-state index is -0.245. The molecule has 0 saturated carbocycles. The van der Waals surface area contributed by atoms with Crippen molar-refractivity contribution in [2.24, 2.45) is 0 Å². The van der Waals surface area contributed by atoms with Crippen LogP contribution in [-0.2, 0) is 0 Å². The number of piperidine rings is 1. The lowest BCUT2D eigenvalue weighted by molar-refractivity contribution is 0.102. The Bertz CT molecular complexity index is 1180. The summed E-state index contributed by atoms with van der Waals surface area (Å²) in [5, 5.41) is 10.8. The largest absolute Gasteiger partial charge is 0.321 e. The Morgan fingerprint density at radius 2 is 2.13 bits per heavy atom. The summed E-state index contributed by atoms with van der Waals surface area (Å²) in [6, 6.07) is 15.2. The van der Waals surface area contributed by atoms with Gasteiger partial charge >= 0.3 is 0 Å². The van der Waals surface area contributed by atoms with Crippen LogP contribution in [0.2, 0.25) is 0 Å². The van der Waals surface area contributed by atoms with Crippen molar-refractivity contribution in [3.63, 3.8) is 0 Å². The minimum Gasteiger partial charge on any atom is -0.321 e. The summed E-state index contributed by atoms with van der Waals surface area (Å²) in [5.74, 6) is 0.194. The third kappa shape index (κ3) is 3.67. The third-order valence-corrected chi connectivity index (χ3v) is 5.44. The van der Waals surface area contributed by atoms with Gasteiger partial charge in [0.1, 0.15) is 5.69 Å². The Balaban J connectivity index is 1.45. The lowest BCUT2D eigenvalue weighted by atomic mass is 9.95. The minimum absolute atomic E-state index is 0.245. The van der Waals surface area contributed by atoms with E-state index in [4.69, 9.17) is 4.98 Å². The first-order valence-corrected chi connectivity index (χ1v) is 10.2. The molecule has 1 saturated heterocycles. The van der Waals surface area contributed by atoms with Crippen LogP contribution in [-0.4, -0.2) is 38.6 Å². The monoisotopic (exact) mass is 398 g/mol. The second-order valence-electron chi connectivity index (χ2n) is 7.46. The van der Waals surface area contributed by atoms with Crippen LogP contribution in [0.15, 0.2) is 67.1 Å². The molecule has 1 aliphatic rings. The molecule has 1 fully saturated rings. The molecular weight excluding hydrogens is 376 g/mol. The summed E-state index contributed by atoms with van der Waals surface area (Å²) in [4.78, 5) is 21.5. The van der Waals surface area contributed by atoms with Crippen LogP contribution in [0.1, 0.15) is 34.9 Å². The molecule has 7 heteroatoms. The fraction of sp³-hybridized carbons (Fsp3) is 0.217. The smallest absolute Gasteiger partial charge is 0.274 e. The standard InChI is InChI=1S/C23H22N6O/c30-23(21-6-1-2-11-25-21)27-17-9-12-29-22(13-17)18(15-26-29)20-8-3-7-19(28-20)16-5-4-10-24-14-16/h1-3,6-9,11-13,15-16,24H,4-5,10,14H2,(H,27,30). The fourth-order valence-electron chi connectivity index (χ4n) is 3.88. The van der Waals surface area contributed by atoms with Gasteiger partial charge in [0.25, 0.3) is 5.91 Å². The van der Waals surface area contributed by atoms with Gasteiger partial charge in [-0.25, -0.2) is 4.52 Å². The van der Waals surface area contributed by atoms with Crippen molar-refractivity contribution in [2.45, 2.75) is 18.8 Å². The molecule has 0 bridgehead atoms. The Hall–Kier alpha value is -3.58. The van der Waals surface area contributed by atoms with E-state index in [1.807, 2.05) is 30.6 Å². The number of anilines is 1. The van der Waals surface area contributed by atoms with Crippen LogP contribution < -0.4 is 10.6 Å². The van der Waals surface area contributed by atoms with Crippen LogP contribution >= 0.6 is 0 Å². The first kappa shape index (κ1) is 18.4. The summed E-state index contributed by atoms with van der Waals surface area (Å²) in [5.41, 5.74) is 4.89. The van der Waals surface area contributed by atoms with Crippen molar-refractivity contribution >= 4 is 17.1 Å². The Morgan fingerprint density at radius 1 is 1.17 bits per heavy atom. The molecule has 1 aliphatic heterocycles. The number of amides is 1. The molecule has 0 spiro atoms. The highest BCUT2D eigenvalue weighted by Gasteiger charge is 2.18. The van der Waals surface area contributed by atoms with Crippen LogP contribution in [0.4, 0.5) is 5.69 Å². The maximum absolute atomic E-state index is 12.4. The highest BCUT2D eigenvalue weighted by atomic mass is 16.1. The number of aromatic nitrogens is 4. The van der Waals surface area contributed by atoms with Crippen molar-refractivity contribution in [1.29, 1.82) is 0 Å². The van der Waals surface area contributed by atoms with E-state index in [0.717, 1.165) is 42.0 Å². The maximum atomic E-state index is 12.4. The van der Waals surface area contributed by atoms with Crippen molar-refractivity contribution in [3.8, 4) is 11.3 Å². The first-order chi connectivity index (χ1) is 14.8. The van der Waals surface area contributed by atoms with E-state index in [1.165, 1.54) is 6.42 Å². The highest BCUT2D eigenvalue weighted by molar-refractivity contribution is 6.03. The Morgan fingerprint density at radius 3 is 2.97 bits per heavy atom. The van der Waals surface area contributed by atoms with Crippen molar-refractivity contribution < 1.29 is 4.79 Å². The van der Waals surface area contributed by atoms with E-state index in [2.05, 4.69) is 32.8 Å². The van der Waals surface area contributed by atoms with Crippen LogP contribution in [0.25, 0.3) is 16.8 Å². The number of hydrogen-bond acceptors (Lipinski definition) is 5. The van der Waals surface area contributed by atoms with Gasteiger partial charge in [0.2, 0.25) is 0 Å². The molecular formula is C23H22N6O. The van der Waals surface area contributed by atoms with E-state index in [9.17, 15) is 4.79 Å². The predicted octanol–water partition coefficient (Wildman–Crippen LogP) is 3.51. The van der Waals surface area contributed by atoms with Gasteiger partial charge < -0.3 is 10.6 Å². The first-order valence-electron chi connectivity index (χ1n) is 10.2. The summed E-state index contributed by atoms with van der Waals surface area (Å²) >= 11 is 0. The average Bonchev–Trinajstić information content (AvgIpc) is 3.24. The second kappa shape index (κ2) is 8.04. The highest BCUT2D eigenvalue weighted by Crippen LogP contribution is 2.28. The molecule has 5 rings (SSSR count). The summed E-state index contributed by atoms with van der Waals surface area (Å²) < 4.78 is 1.79. The molecule has 1 atom stereocenters. The van der Waals surface area contributed by atoms with Gasteiger partial charge in [-0.15, -0.1) is 0 Å². The van der Waals surface area contributed by atoms with Gasteiger partial charge in [0.05, 0.1) is 17.4 Å². The van der Waals surface area contributed by atoms with E-state index in [0.29, 0.717) is 17.3 Å². The molecule has 0 aliphatic carbocycles. The molecule has 30 heavy (non-hydrogen) atoms. The molecule has 1 amide bonds. The zero-order valence-corrected chi connectivity index (χ0v) is 16.5. The van der Waals surface area contributed by atoms with Gasteiger partial charge in [-0.3, -0.25) is 14.8 Å². The number of rotatable bonds is 4. The third-order valence-electron chi connectivity index (χ3n) is 5.44. The van der Waals surface area contributed by atoms with Gasteiger partial charge in [-0.2, -0.15) is 5.10 Å². The Labute approximate surface area is 174 Å². The summed E-state index contributed by atoms with van der Waals surface area (Å²) in [7, 11) is 0. The zero-order chi connectivity index (χ0) is 20.3. The number of carbonyl (C=O) groups excluding carboxylic acids is 1. The SMILES string of the molecule is O=C(Nc1ccn2ncc(-c3cccc(C4CCCNC4)n3)c2c1)c1ccccn1. The van der Waals surface area contributed by atoms with E-state index in [-0.39, 0.29) is 5.91 Å².